The molecule has 0 atom stereocenters. The van der Waals surface area contributed by atoms with Crippen LogP contribution in [-0.4, -0.2) is 21.1 Å². The fraction of sp³-hybridized carbons (Fsp3) is 0.571. The third-order valence-corrected chi connectivity index (χ3v) is 2.09. The smallest absolute Gasteiger partial charge is 0.391 e. The molecule has 80 valence electrons. The Morgan fingerprint density at radius 3 is 2.43 bits per heavy atom. The Balaban J connectivity index is 3.00. The predicted octanol–water partition coefficient (Wildman–Crippen LogP) is 1.90. The number of aliphatic hydroxyl groups is 1. The number of halogens is 4. The fourth-order valence-electron chi connectivity index (χ4n) is 1.04. The molecule has 0 saturated heterocycles. The van der Waals surface area contributed by atoms with Crippen LogP contribution in [0.25, 0.3) is 0 Å². The lowest BCUT2D eigenvalue weighted by Gasteiger charge is -2.06. The highest BCUT2D eigenvalue weighted by Gasteiger charge is 2.30. The van der Waals surface area contributed by atoms with Gasteiger partial charge < -0.3 is 5.11 Å². The third-order valence-electron chi connectivity index (χ3n) is 1.67. The van der Waals surface area contributed by atoms with Crippen LogP contribution in [-0.2, 0) is 13.2 Å². The predicted molar refractivity (Wildman–Crippen MR) is 44.0 cm³/mol. The van der Waals surface area contributed by atoms with Crippen LogP contribution in [0, 0.1) is 6.92 Å². The number of alkyl halides is 3. The first-order chi connectivity index (χ1) is 6.35. The molecule has 1 aromatic rings. The SMILES string of the molecule is Cc1nn(CC(F)(F)F)c(Cl)c1CO. The van der Waals surface area contributed by atoms with E-state index < -0.39 is 19.3 Å². The van der Waals surface area contributed by atoms with Gasteiger partial charge in [-0.3, -0.25) is 0 Å². The van der Waals surface area contributed by atoms with Gasteiger partial charge in [-0.05, 0) is 6.92 Å². The standard InChI is InChI=1S/C7H8ClF3N2O/c1-4-5(2-14)6(8)13(12-4)3-7(9,10)11/h14H,2-3H2,1H3. The molecule has 1 aromatic heterocycles. The van der Waals surface area contributed by atoms with Gasteiger partial charge in [-0.2, -0.15) is 18.3 Å². The summed E-state index contributed by atoms with van der Waals surface area (Å²) in [5, 5.41) is 12.2. The van der Waals surface area contributed by atoms with Crippen LogP contribution < -0.4 is 0 Å². The van der Waals surface area contributed by atoms with E-state index in [1.165, 1.54) is 6.92 Å². The van der Waals surface area contributed by atoms with Crippen molar-refractivity contribution in [1.82, 2.24) is 9.78 Å². The molecule has 1 N–H and O–H groups in total. The molecular weight excluding hydrogens is 221 g/mol. The Bertz CT molecular complexity index is 334. The second-order valence-electron chi connectivity index (χ2n) is 2.79. The summed E-state index contributed by atoms with van der Waals surface area (Å²) in [4.78, 5) is 0. The van der Waals surface area contributed by atoms with E-state index >= 15 is 0 Å². The molecule has 3 nitrogen and oxygen atoms in total. The highest BCUT2D eigenvalue weighted by Crippen LogP contribution is 2.24. The molecular formula is C7H8ClF3N2O. The molecule has 0 spiro atoms. The maximum absolute atomic E-state index is 12.0. The molecule has 1 rings (SSSR count). The maximum Gasteiger partial charge on any atom is 0.408 e. The van der Waals surface area contributed by atoms with Crippen molar-refractivity contribution in [2.45, 2.75) is 26.3 Å². The Kier molecular flexibility index (Phi) is 3.06. The van der Waals surface area contributed by atoms with Gasteiger partial charge in [-0.15, -0.1) is 0 Å². The van der Waals surface area contributed by atoms with E-state index in [1.807, 2.05) is 0 Å². The molecule has 0 radical (unpaired) electrons. The first-order valence-electron chi connectivity index (χ1n) is 3.74. The van der Waals surface area contributed by atoms with E-state index in [-0.39, 0.29) is 10.7 Å². The lowest BCUT2D eigenvalue weighted by molar-refractivity contribution is -0.142. The van der Waals surface area contributed by atoms with Crippen molar-refractivity contribution < 1.29 is 18.3 Å². The van der Waals surface area contributed by atoms with Gasteiger partial charge in [-0.25, -0.2) is 4.68 Å². The number of hydrogen-bond donors (Lipinski definition) is 1. The van der Waals surface area contributed by atoms with Crippen LogP contribution in [0.4, 0.5) is 13.2 Å². The van der Waals surface area contributed by atoms with E-state index in [0.717, 1.165) is 0 Å². The number of hydrogen-bond acceptors (Lipinski definition) is 2. The van der Waals surface area contributed by atoms with E-state index in [0.29, 0.717) is 10.4 Å². The zero-order valence-corrected chi connectivity index (χ0v) is 8.02. The largest absolute Gasteiger partial charge is 0.408 e. The van der Waals surface area contributed by atoms with Crippen molar-refractivity contribution in [3.63, 3.8) is 0 Å². The summed E-state index contributed by atoms with van der Waals surface area (Å²) < 4.78 is 36.6. The molecule has 0 unspecified atom stereocenters. The van der Waals surface area contributed by atoms with Crippen molar-refractivity contribution in [2.24, 2.45) is 0 Å². The average molecular weight is 229 g/mol. The average Bonchev–Trinajstić information content (AvgIpc) is 2.24. The monoisotopic (exact) mass is 228 g/mol. The van der Waals surface area contributed by atoms with Gasteiger partial charge in [0.2, 0.25) is 0 Å². The first kappa shape index (κ1) is 11.3. The number of aromatic nitrogens is 2. The Labute approximate surface area is 83.1 Å². The van der Waals surface area contributed by atoms with Crippen LogP contribution in [0.2, 0.25) is 5.15 Å². The number of nitrogens with zero attached hydrogens (tertiary/aromatic N) is 2. The fourth-order valence-corrected chi connectivity index (χ4v) is 1.34. The molecule has 0 amide bonds. The van der Waals surface area contributed by atoms with Gasteiger partial charge in [0, 0.05) is 5.56 Å². The second-order valence-corrected chi connectivity index (χ2v) is 3.14. The summed E-state index contributed by atoms with van der Waals surface area (Å²) in [6.45, 7) is -0.167. The van der Waals surface area contributed by atoms with Crippen molar-refractivity contribution >= 4 is 11.6 Å². The molecule has 7 heteroatoms. The summed E-state index contributed by atoms with van der Waals surface area (Å²) in [6, 6.07) is 0. The van der Waals surface area contributed by atoms with Crippen molar-refractivity contribution in [1.29, 1.82) is 0 Å². The van der Waals surface area contributed by atoms with Gasteiger partial charge in [-0.1, -0.05) is 11.6 Å². The minimum absolute atomic E-state index is 0.165. The van der Waals surface area contributed by atoms with Crippen molar-refractivity contribution in [2.75, 3.05) is 0 Å². The zero-order chi connectivity index (χ0) is 10.9. The summed E-state index contributed by atoms with van der Waals surface area (Å²) >= 11 is 5.58. The van der Waals surface area contributed by atoms with Gasteiger partial charge in [0.25, 0.3) is 0 Å². The Hall–Kier alpha value is -0.750. The van der Waals surface area contributed by atoms with Gasteiger partial charge in [0.15, 0.2) is 0 Å². The zero-order valence-electron chi connectivity index (χ0n) is 7.27. The summed E-state index contributed by atoms with van der Waals surface area (Å²) in [6.07, 6.45) is -4.37. The molecule has 0 saturated carbocycles. The minimum atomic E-state index is -4.37. The quantitative estimate of drug-likeness (QED) is 0.840. The number of rotatable bonds is 2. The summed E-state index contributed by atoms with van der Waals surface area (Å²) in [5.41, 5.74) is 0.540. The minimum Gasteiger partial charge on any atom is -0.391 e. The lowest BCUT2D eigenvalue weighted by Crippen LogP contribution is -2.18. The lowest BCUT2D eigenvalue weighted by atomic mass is 10.3. The summed E-state index contributed by atoms with van der Waals surface area (Å²) in [5.74, 6) is 0. The first-order valence-corrected chi connectivity index (χ1v) is 4.12. The summed E-state index contributed by atoms with van der Waals surface area (Å²) in [7, 11) is 0. The molecule has 1 heterocycles. The second kappa shape index (κ2) is 3.78. The number of aliphatic hydroxyl groups excluding tert-OH is 1. The molecule has 0 aliphatic carbocycles. The Morgan fingerprint density at radius 2 is 2.07 bits per heavy atom. The topological polar surface area (TPSA) is 38.0 Å². The van der Waals surface area contributed by atoms with Crippen molar-refractivity contribution in [3.8, 4) is 0 Å². The molecule has 0 bridgehead atoms. The van der Waals surface area contributed by atoms with Crippen LogP contribution in [0.5, 0.6) is 0 Å². The molecule has 0 aliphatic rings. The van der Waals surface area contributed by atoms with Crippen LogP contribution in [0.3, 0.4) is 0 Å². The maximum atomic E-state index is 12.0. The van der Waals surface area contributed by atoms with Crippen LogP contribution in [0.15, 0.2) is 0 Å². The van der Waals surface area contributed by atoms with E-state index in [2.05, 4.69) is 5.10 Å². The third kappa shape index (κ3) is 2.39. The van der Waals surface area contributed by atoms with Crippen molar-refractivity contribution in [3.05, 3.63) is 16.4 Å². The van der Waals surface area contributed by atoms with Gasteiger partial charge in [0.1, 0.15) is 11.7 Å². The highest BCUT2D eigenvalue weighted by molar-refractivity contribution is 6.30. The number of aryl methyl sites for hydroxylation is 1. The van der Waals surface area contributed by atoms with Gasteiger partial charge in [0.05, 0.1) is 12.3 Å². The van der Waals surface area contributed by atoms with E-state index in [9.17, 15) is 13.2 Å². The molecule has 14 heavy (non-hydrogen) atoms. The normalized spacial score (nSPS) is 12.1. The van der Waals surface area contributed by atoms with E-state index in [1.54, 1.807) is 0 Å². The van der Waals surface area contributed by atoms with E-state index in [4.69, 9.17) is 16.7 Å². The molecule has 0 fully saturated rings. The molecule has 0 aromatic carbocycles. The Morgan fingerprint density at radius 1 is 1.50 bits per heavy atom. The highest BCUT2D eigenvalue weighted by atomic mass is 35.5. The van der Waals surface area contributed by atoms with Crippen LogP contribution in [0.1, 0.15) is 11.3 Å². The van der Waals surface area contributed by atoms with Crippen LogP contribution >= 0.6 is 11.6 Å². The van der Waals surface area contributed by atoms with Gasteiger partial charge >= 0.3 is 6.18 Å². The molecule has 0 aliphatic heterocycles.